The predicted octanol–water partition coefficient (Wildman–Crippen LogP) is 3.25. The molecule has 12 nitrogen and oxygen atoms in total. The van der Waals surface area contributed by atoms with Crippen molar-refractivity contribution in [3.63, 3.8) is 0 Å². The van der Waals surface area contributed by atoms with Crippen LogP contribution in [-0.4, -0.2) is 52.4 Å². The molecule has 0 radical (unpaired) electrons. The summed E-state index contributed by atoms with van der Waals surface area (Å²) in [5.41, 5.74) is -0.0738. The molecule has 0 aromatic heterocycles. The van der Waals surface area contributed by atoms with Gasteiger partial charge < -0.3 is 19.1 Å². The summed E-state index contributed by atoms with van der Waals surface area (Å²) in [4.78, 5) is 53.5. The summed E-state index contributed by atoms with van der Waals surface area (Å²) in [5.74, 6) is -0.292. The van der Waals surface area contributed by atoms with E-state index in [4.69, 9.17) is 9.47 Å². The number of carbonyl (C=O) groups excluding carboxylic acids is 2. The van der Waals surface area contributed by atoms with E-state index < -0.39 is 41.4 Å². The quantitative estimate of drug-likeness (QED) is 0.0937. The van der Waals surface area contributed by atoms with E-state index in [9.17, 15) is 29.8 Å². The molecule has 1 aromatic rings. The molecule has 0 bridgehead atoms. The smallest absolute Gasteiger partial charge is 0.342 e. The molecular weight excluding hydrogens is 468 g/mol. The van der Waals surface area contributed by atoms with Gasteiger partial charge in [-0.15, -0.1) is 20.2 Å². The second-order valence-electron chi connectivity index (χ2n) is 6.61. The van der Waals surface area contributed by atoms with Gasteiger partial charge in [0.2, 0.25) is 0 Å². The first-order valence-corrected chi connectivity index (χ1v) is 12.1. The molecule has 1 aliphatic heterocycles. The Bertz CT molecular complexity index is 804. The molecule has 2 atom stereocenters. The molecule has 14 heteroatoms. The van der Waals surface area contributed by atoms with Gasteiger partial charge in [-0.1, -0.05) is 40.1 Å². The van der Waals surface area contributed by atoms with Crippen LogP contribution < -0.4 is 4.74 Å². The van der Waals surface area contributed by atoms with Crippen LogP contribution in [0.25, 0.3) is 0 Å². The third-order valence-electron chi connectivity index (χ3n) is 4.22. The second-order valence-corrected chi connectivity index (χ2v) is 9.40. The molecule has 0 spiro atoms. The highest BCUT2D eigenvalue weighted by Crippen LogP contribution is 2.39. The SMILES string of the molecule is O=C(CCCC[C@H]1CCSS1)Oc1ccccc1C(=O)OCC(CO[N+](=O)[O-])O[N+](=O)[O-]. The predicted molar refractivity (Wildman–Crippen MR) is 114 cm³/mol. The maximum atomic E-state index is 12.4. The van der Waals surface area contributed by atoms with Gasteiger partial charge in [0.15, 0.2) is 6.10 Å². The Morgan fingerprint density at radius 2 is 1.91 bits per heavy atom. The number of para-hydroxylation sites is 1. The van der Waals surface area contributed by atoms with Gasteiger partial charge in [-0.25, -0.2) is 4.79 Å². The van der Waals surface area contributed by atoms with Crippen molar-refractivity contribution in [3.8, 4) is 5.75 Å². The van der Waals surface area contributed by atoms with E-state index >= 15 is 0 Å². The number of nitrogens with zero attached hydrogens (tertiary/aromatic N) is 2. The first-order valence-electron chi connectivity index (χ1n) is 9.68. The van der Waals surface area contributed by atoms with E-state index in [0.29, 0.717) is 11.7 Å². The summed E-state index contributed by atoms with van der Waals surface area (Å²) in [6.07, 6.45) is 2.49. The zero-order valence-corrected chi connectivity index (χ0v) is 18.5. The summed E-state index contributed by atoms with van der Waals surface area (Å²) in [6, 6.07) is 5.86. The largest absolute Gasteiger partial charge is 0.460 e. The molecule has 1 fully saturated rings. The Morgan fingerprint density at radius 3 is 2.59 bits per heavy atom. The van der Waals surface area contributed by atoms with Gasteiger partial charge in [-0.05, 0) is 31.4 Å². The van der Waals surface area contributed by atoms with E-state index in [1.54, 1.807) is 6.07 Å². The molecule has 1 saturated heterocycles. The summed E-state index contributed by atoms with van der Waals surface area (Å²) in [6.45, 7) is -1.50. The van der Waals surface area contributed by atoms with Crippen molar-refractivity contribution >= 4 is 33.5 Å². The van der Waals surface area contributed by atoms with Crippen molar-refractivity contribution in [2.75, 3.05) is 19.0 Å². The number of esters is 2. The third-order valence-corrected chi connectivity index (χ3v) is 7.22. The maximum Gasteiger partial charge on any atom is 0.342 e. The minimum Gasteiger partial charge on any atom is -0.460 e. The first-order chi connectivity index (χ1) is 15.3. The Labute approximate surface area is 190 Å². The number of ether oxygens (including phenoxy) is 2. The number of rotatable bonds is 14. The highest BCUT2D eigenvalue weighted by Gasteiger charge is 2.22. The molecule has 0 saturated carbocycles. The molecule has 1 unspecified atom stereocenters. The molecule has 2 rings (SSSR count). The summed E-state index contributed by atoms with van der Waals surface area (Å²) < 4.78 is 10.2. The van der Waals surface area contributed by atoms with Crippen LogP contribution >= 0.6 is 21.6 Å². The van der Waals surface area contributed by atoms with Crippen molar-refractivity contribution in [2.24, 2.45) is 0 Å². The first kappa shape index (κ1) is 25.5. The van der Waals surface area contributed by atoms with E-state index in [2.05, 4.69) is 9.68 Å². The number of carbonyl (C=O) groups is 2. The average molecular weight is 491 g/mol. The van der Waals surface area contributed by atoms with E-state index in [1.807, 2.05) is 21.6 Å². The molecule has 176 valence electrons. The van der Waals surface area contributed by atoms with Crippen LogP contribution in [0.4, 0.5) is 0 Å². The van der Waals surface area contributed by atoms with Gasteiger partial charge in [-0.3, -0.25) is 4.79 Å². The van der Waals surface area contributed by atoms with Gasteiger partial charge in [-0.2, -0.15) is 0 Å². The summed E-state index contributed by atoms with van der Waals surface area (Å²) in [7, 11) is 3.75. The molecule has 0 aliphatic carbocycles. The fourth-order valence-corrected chi connectivity index (χ4v) is 5.75. The molecule has 1 aliphatic rings. The van der Waals surface area contributed by atoms with Crippen LogP contribution in [0.1, 0.15) is 42.5 Å². The van der Waals surface area contributed by atoms with Crippen molar-refractivity contribution in [1.29, 1.82) is 0 Å². The molecule has 1 heterocycles. The van der Waals surface area contributed by atoms with Crippen molar-refractivity contribution in [2.45, 2.75) is 43.5 Å². The van der Waals surface area contributed by atoms with Crippen molar-refractivity contribution in [3.05, 3.63) is 50.1 Å². The maximum absolute atomic E-state index is 12.4. The summed E-state index contributed by atoms with van der Waals surface area (Å²) in [5, 5.41) is 19.0. The lowest BCUT2D eigenvalue weighted by atomic mass is 10.1. The van der Waals surface area contributed by atoms with E-state index in [0.717, 1.165) is 18.6 Å². The van der Waals surface area contributed by atoms with Gasteiger partial charge in [0.05, 0.1) is 0 Å². The third kappa shape index (κ3) is 9.60. The van der Waals surface area contributed by atoms with Gasteiger partial charge >= 0.3 is 11.9 Å². The average Bonchev–Trinajstić information content (AvgIpc) is 3.26. The normalized spacial score (nSPS) is 16.1. The molecule has 32 heavy (non-hydrogen) atoms. The number of benzene rings is 1. The van der Waals surface area contributed by atoms with Crippen molar-refractivity contribution < 1.29 is 38.9 Å². The number of hydrogen-bond donors (Lipinski definition) is 0. The van der Waals surface area contributed by atoms with E-state index in [-0.39, 0.29) is 17.7 Å². The summed E-state index contributed by atoms with van der Waals surface area (Å²) >= 11 is 0. The second kappa shape index (κ2) is 13.6. The topological polar surface area (TPSA) is 157 Å². The zero-order valence-electron chi connectivity index (χ0n) is 16.9. The van der Waals surface area contributed by atoms with Gasteiger partial charge in [0.25, 0.3) is 10.2 Å². The molecule has 0 N–H and O–H groups in total. The van der Waals surface area contributed by atoms with Crippen LogP contribution in [0.5, 0.6) is 5.75 Å². The molecule has 1 aromatic carbocycles. The standard InChI is InChI=1S/C18H22N2O10S2/c21-17(8-4-1-5-14-9-10-31-32-14)29-16-7-3-2-6-15(16)18(22)27-11-13(30-20(25)26)12-28-19(23)24/h2-3,6-7,13-14H,1,4-5,8-12H2/t13?,14-/m0/s1. The Morgan fingerprint density at radius 1 is 1.12 bits per heavy atom. The Balaban J connectivity index is 1.84. The minimum absolute atomic E-state index is 0.0152. The van der Waals surface area contributed by atoms with Crippen LogP contribution in [-0.2, 0) is 19.2 Å². The Kier molecular flexibility index (Phi) is 10.9. The molecule has 0 amide bonds. The fraction of sp³-hybridized carbons (Fsp3) is 0.556. The highest BCUT2D eigenvalue weighted by molar-refractivity contribution is 8.77. The van der Waals surface area contributed by atoms with E-state index in [1.165, 1.54) is 24.6 Å². The van der Waals surface area contributed by atoms with Crippen LogP contribution in [0.15, 0.2) is 24.3 Å². The number of hydrogen-bond acceptors (Lipinski definition) is 12. The highest BCUT2D eigenvalue weighted by atomic mass is 33.1. The molecular formula is C18H22N2O10S2. The Hall–Kier alpha value is -2.74. The fourth-order valence-electron chi connectivity index (χ4n) is 2.72. The lowest BCUT2D eigenvalue weighted by Gasteiger charge is -2.15. The lowest BCUT2D eigenvalue weighted by Crippen LogP contribution is -2.30. The van der Waals surface area contributed by atoms with Crippen molar-refractivity contribution in [1.82, 2.24) is 0 Å². The minimum atomic E-state index is -1.51. The van der Waals surface area contributed by atoms with Crippen LogP contribution in [0.2, 0.25) is 0 Å². The monoisotopic (exact) mass is 490 g/mol. The lowest BCUT2D eigenvalue weighted by molar-refractivity contribution is -0.790. The number of unbranched alkanes of at least 4 members (excludes halogenated alkanes) is 1. The zero-order chi connectivity index (χ0) is 23.3. The van der Waals surface area contributed by atoms with Gasteiger partial charge in [0, 0.05) is 17.4 Å². The van der Waals surface area contributed by atoms with Gasteiger partial charge in [0.1, 0.15) is 24.5 Å². The van der Waals surface area contributed by atoms with Crippen LogP contribution in [0.3, 0.4) is 0 Å². The van der Waals surface area contributed by atoms with Crippen LogP contribution in [0, 0.1) is 20.2 Å².